The van der Waals surface area contributed by atoms with Crippen LogP contribution in [0.25, 0.3) is 0 Å². The largest absolute Gasteiger partial charge is 0.368 e. The number of anilines is 1. The van der Waals surface area contributed by atoms with Crippen molar-refractivity contribution in [3.05, 3.63) is 28.2 Å². The maximum atomic E-state index is 3.57. The van der Waals surface area contributed by atoms with E-state index in [4.69, 9.17) is 0 Å². The Hall–Kier alpha value is -0.540. The third-order valence-corrected chi connectivity index (χ3v) is 4.51. The standard InChI is InChI=1S/C15H23BrN2/c1-4-12-10-13(16)5-6-15(12)18-8-7-14(17-3)9-11(18)2/h5-6,10-11,14,17H,4,7-9H2,1-3H3. The Morgan fingerprint density at radius 2 is 2.22 bits per heavy atom. The van der Waals surface area contributed by atoms with Crippen molar-refractivity contribution in [1.82, 2.24) is 5.32 Å². The van der Waals surface area contributed by atoms with Gasteiger partial charge in [-0.2, -0.15) is 0 Å². The first-order valence-corrected chi connectivity index (χ1v) is 7.67. The zero-order chi connectivity index (χ0) is 13.1. The molecule has 2 unspecified atom stereocenters. The van der Waals surface area contributed by atoms with E-state index in [1.165, 1.54) is 28.6 Å². The van der Waals surface area contributed by atoms with Crippen LogP contribution < -0.4 is 10.2 Å². The van der Waals surface area contributed by atoms with E-state index in [2.05, 4.69) is 65.2 Å². The van der Waals surface area contributed by atoms with Gasteiger partial charge in [-0.25, -0.2) is 0 Å². The van der Waals surface area contributed by atoms with Crippen molar-refractivity contribution in [1.29, 1.82) is 0 Å². The van der Waals surface area contributed by atoms with Gasteiger partial charge in [0.15, 0.2) is 0 Å². The molecule has 1 aliphatic rings. The molecular formula is C15H23BrN2. The topological polar surface area (TPSA) is 15.3 Å². The number of aryl methyl sites for hydroxylation is 1. The molecule has 1 N–H and O–H groups in total. The minimum Gasteiger partial charge on any atom is -0.368 e. The Morgan fingerprint density at radius 3 is 2.83 bits per heavy atom. The monoisotopic (exact) mass is 310 g/mol. The summed E-state index contributed by atoms with van der Waals surface area (Å²) < 4.78 is 1.18. The summed E-state index contributed by atoms with van der Waals surface area (Å²) in [6.07, 6.45) is 3.56. The number of hydrogen-bond donors (Lipinski definition) is 1. The van der Waals surface area contributed by atoms with E-state index in [0.29, 0.717) is 12.1 Å². The smallest absolute Gasteiger partial charge is 0.0401 e. The molecule has 0 bridgehead atoms. The van der Waals surface area contributed by atoms with Crippen molar-refractivity contribution in [3.63, 3.8) is 0 Å². The highest BCUT2D eigenvalue weighted by molar-refractivity contribution is 9.10. The minimum absolute atomic E-state index is 0.614. The molecule has 0 spiro atoms. The summed E-state index contributed by atoms with van der Waals surface area (Å²) in [5.41, 5.74) is 2.86. The second kappa shape index (κ2) is 6.07. The molecule has 1 aromatic rings. The second-order valence-electron chi connectivity index (χ2n) is 5.18. The number of hydrogen-bond acceptors (Lipinski definition) is 2. The normalized spacial score (nSPS) is 24.3. The predicted molar refractivity (Wildman–Crippen MR) is 82.4 cm³/mol. The number of nitrogens with one attached hydrogen (secondary N) is 1. The molecule has 0 aliphatic carbocycles. The molecule has 18 heavy (non-hydrogen) atoms. The number of halogens is 1. The predicted octanol–water partition coefficient (Wildman–Crippen LogP) is 3.59. The zero-order valence-electron chi connectivity index (χ0n) is 11.5. The second-order valence-corrected chi connectivity index (χ2v) is 6.09. The van der Waals surface area contributed by atoms with Crippen LogP contribution in [0, 0.1) is 0 Å². The molecule has 1 aliphatic heterocycles. The molecule has 1 aromatic carbocycles. The van der Waals surface area contributed by atoms with E-state index in [9.17, 15) is 0 Å². The van der Waals surface area contributed by atoms with Crippen molar-refractivity contribution in [3.8, 4) is 0 Å². The average molecular weight is 311 g/mol. The van der Waals surface area contributed by atoms with E-state index in [1.807, 2.05) is 0 Å². The van der Waals surface area contributed by atoms with E-state index >= 15 is 0 Å². The Morgan fingerprint density at radius 1 is 1.44 bits per heavy atom. The first-order valence-electron chi connectivity index (χ1n) is 6.88. The third kappa shape index (κ3) is 2.89. The van der Waals surface area contributed by atoms with Gasteiger partial charge in [-0.05, 0) is 57.0 Å². The van der Waals surface area contributed by atoms with Gasteiger partial charge in [0.2, 0.25) is 0 Å². The Labute approximate surface area is 119 Å². The molecule has 1 saturated heterocycles. The van der Waals surface area contributed by atoms with Gasteiger partial charge in [0.25, 0.3) is 0 Å². The van der Waals surface area contributed by atoms with Gasteiger partial charge in [0, 0.05) is 28.8 Å². The van der Waals surface area contributed by atoms with Crippen molar-refractivity contribution in [2.45, 2.75) is 45.2 Å². The number of piperidine rings is 1. The van der Waals surface area contributed by atoms with Crippen LogP contribution in [0.5, 0.6) is 0 Å². The lowest BCUT2D eigenvalue weighted by molar-refractivity contribution is 0.386. The van der Waals surface area contributed by atoms with Crippen LogP contribution in [0.3, 0.4) is 0 Å². The van der Waals surface area contributed by atoms with Crippen LogP contribution in [0.15, 0.2) is 22.7 Å². The van der Waals surface area contributed by atoms with Crippen LogP contribution in [0.2, 0.25) is 0 Å². The highest BCUT2D eigenvalue weighted by Gasteiger charge is 2.25. The molecule has 2 nitrogen and oxygen atoms in total. The SMILES string of the molecule is CCc1cc(Br)ccc1N1CCC(NC)CC1C. The van der Waals surface area contributed by atoms with Gasteiger partial charge >= 0.3 is 0 Å². The minimum atomic E-state index is 0.614. The third-order valence-electron chi connectivity index (χ3n) is 4.02. The van der Waals surface area contributed by atoms with Crippen LogP contribution in [-0.4, -0.2) is 25.7 Å². The van der Waals surface area contributed by atoms with Crippen molar-refractivity contribution in [2.75, 3.05) is 18.5 Å². The number of nitrogens with zero attached hydrogens (tertiary/aromatic N) is 1. The van der Waals surface area contributed by atoms with Gasteiger partial charge in [-0.15, -0.1) is 0 Å². The summed E-state index contributed by atoms with van der Waals surface area (Å²) in [5.74, 6) is 0. The maximum Gasteiger partial charge on any atom is 0.0401 e. The number of rotatable bonds is 3. The van der Waals surface area contributed by atoms with Crippen LogP contribution in [-0.2, 0) is 6.42 Å². The lowest BCUT2D eigenvalue weighted by atomic mass is 9.96. The molecule has 0 aromatic heterocycles. The quantitative estimate of drug-likeness (QED) is 0.918. The summed E-state index contributed by atoms with van der Waals surface area (Å²) in [5, 5.41) is 3.41. The van der Waals surface area contributed by atoms with E-state index in [0.717, 1.165) is 13.0 Å². The first-order chi connectivity index (χ1) is 8.65. The van der Waals surface area contributed by atoms with Crippen LogP contribution in [0.1, 0.15) is 32.3 Å². The maximum absolute atomic E-state index is 3.57. The van der Waals surface area contributed by atoms with Crippen LogP contribution in [0.4, 0.5) is 5.69 Å². The van der Waals surface area contributed by atoms with Gasteiger partial charge in [0.05, 0.1) is 0 Å². The summed E-state index contributed by atoms with van der Waals surface area (Å²) in [6.45, 7) is 5.72. The van der Waals surface area contributed by atoms with Gasteiger partial charge in [-0.1, -0.05) is 22.9 Å². The van der Waals surface area contributed by atoms with E-state index in [-0.39, 0.29) is 0 Å². The molecule has 0 radical (unpaired) electrons. The van der Waals surface area contributed by atoms with Gasteiger partial charge in [-0.3, -0.25) is 0 Å². The Kier molecular flexibility index (Phi) is 4.68. The van der Waals surface area contributed by atoms with Crippen molar-refractivity contribution >= 4 is 21.6 Å². The fourth-order valence-electron chi connectivity index (χ4n) is 2.91. The molecule has 2 rings (SSSR count). The van der Waals surface area contributed by atoms with Crippen LogP contribution >= 0.6 is 15.9 Å². The first kappa shape index (κ1) is 13.9. The molecule has 3 heteroatoms. The molecular weight excluding hydrogens is 288 g/mol. The summed E-state index contributed by atoms with van der Waals surface area (Å²) in [4.78, 5) is 2.57. The Balaban J connectivity index is 2.21. The van der Waals surface area contributed by atoms with Gasteiger partial charge in [0.1, 0.15) is 0 Å². The average Bonchev–Trinajstić information content (AvgIpc) is 2.39. The lowest BCUT2D eigenvalue weighted by Gasteiger charge is -2.40. The van der Waals surface area contributed by atoms with E-state index < -0.39 is 0 Å². The molecule has 2 atom stereocenters. The summed E-state index contributed by atoms with van der Waals surface area (Å²) in [6, 6.07) is 7.97. The highest BCUT2D eigenvalue weighted by Crippen LogP contribution is 2.30. The summed E-state index contributed by atoms with van der Waals surface area (Å²) >= 11 is 3.57. The fraction of sp³-hybridized carbons (Fsp3) is 0.600. The van der Waals surface area contributed by atoms with Crippen molar-refractivity contribution in [2.24, 2.45) is 0 Å². The highest BCUT2D eigenvalue weighted by atomic mass is 79.9. The zero-order valence-corrected chi connectivity index (χ0v) is 13.1. The Bertz CT molecular complexity index is 405. The van der Waals surface area contributed by atoms with Crippen molar-refractivity contribution < 1.29 is 0 Å². The number of benzene rings is 1. The fourth-order valence-corrected chi connectivity index (χ4v) is 3.32. The molecule has 1 heterocycles. The van der Waals surface area contributed by atoms with Gasteiger partial charge < -0.3 is 10.2 Å². The molecule has 0 saturated carbocycles. The molecule has 0 amide bonds. The molecule has 100 valence electrons. The van der Waals surface area contributed by atoms with E-state index in [1.54, 1.807) is 0 Å². The lowest BCUT2D eigenvalue weighted by Crippen LogP contribution is -2.47. The summed E-state index contributed by atoms with van der Waals surface area (Å²) in [7, 11) is 2.07. The molecule has 1 fully saturated rings.